The number of thioether (sulfide) groups is 1. The molecule has 0 aromatic heterocycles. The standard InChI is InChI=1S/C20H23NO4S/c1-21(2)20(22)26-19-17(24-4)12-15(13-18(19)25-5)7-6-14-8-10-16(23-3)11-9-14/h6-13H,1-5H3/b7-6-. The Labute approximate surface area is 158 Å². The molecule has 2 aromatic carbocycles. The van der Waals surface area contributed by atoms with E-state index in [1.807, 2.05) is 48.6 Å². The molecule has 6 heteroatoms. The summed E-state index contributed by atoms with van der Waals surface area (Å²) in [5.74, 6) is 2.01. The van der Waals surface area contributed by atoms with Gasteiger partial charge in [-0.05, 0) is 47.2 Å². The van der Waals surface area contributed by atoms with E-state index in [0.29, 0.717) is 16.4 Å². The van der Waals surface area contributed by atoms with Crippen molar-refractivity contribution in [1.82, 2.24) is 4.90 Å². The van der Waals surface area contributed by atoms with E-state index in [2.05, 4.69) is 0 Å². The van der Waals surface area contributed by atoms with Gasteiger partial charge < -0.3 is 19.1 Å². The van der Waals surface area contributed by atoms with Gasteiger partial charge in [0.25, 0.3) is 5.24 Å². The van der Waals surface area contributed by atoms with Gasteiger partial charge in [0, 0.05) is 14.1 Å². The van der Waals surface area contributed by atoms with Crippen LogP contribution >= 0.6 is 11.8 Å². The normalized spacial score (nSPS) is 10.7. The fourth-order valence-electron chi connectivity index (χ4n) is 2.18. The van der Waals surface area contributed by atoms with E-state index < -0.39 is 0 Å². The molecule has 0 saturated heterocycles. The summed E-state index contributed by atoms with van der Waals surface area (Å²) in [6, 6.07) is 11.5. The number of carbonyl (C=O) groups excluding carboxylic acids is 1. The quantitative estimate of drug-likeness (QED) is 0.545. The van der Waals surface area contributed by atoms with Crippen molar-refractivity contribution in [3.63, 3.8) is 0 Å². The smallest absolute Gasteiger partial charge is 0.286 e. The van der Waals surface area contributed by atoms with Crippen LogP contribution in [-0.2, 0) is 0 Å². The molecule has 2 rings (SSSR count). The third kappa shape index (κ3) is 4.95. The van der Waals surface area contributed by atoms with E-state index in [4.69, 9.17) is 14.2 Å². The molecule has 0 radical (unpaired) electrons. The Morgan fingerprint density at radius 2 is 1.42 bits per heavy atom. The molecule has 0 aliphatic rings. The van der Waals surface area contributed by atoms with Crippen LogP contribution in [0, 0.1) is 0 Å². The first-order valence-corrected chi connectivity index (χ1v) is 8.77. The van der Waals surface area contributed by atoms with Crippen LogP contribution in [0.1, 0.15) is 11.1 Å². The molecule has 0 heterocycles. The molecule has 0 aliphatic carbocycles. The van der Waals surface area contributed by atoms with Gasteiger partial charge >= 0.3 is 0 Å². The minimum atomic E-state index is -0.0943. The molecular weight excluding hydrogens is 350 g/mol. The number of methoxy groups -OCH3 is 3. The van der Waals surface area contributed by atoms with Gasteiger partial charge in [-0.15, -0.1) is 0 Å². The van der Waals surface area contributed by atoms with Crippen molar-refractivity contribution >= 4 is 29.2 Å². The van der Waals surface area contributed by atoms with Crippen LogP contribution in [0.25, 0.3) is 12.2 Å². The molecule has 0 N–H and O–H groups in total. The molecule has 5 nitrogen and oxygen atoms in total. The Morgan fingerprint density at radius 1 is 0.885 bits per heavy atom. The maximum absolute atomic E-state index is 12.1. The second-order valence-electron chi connectivity index (χ2n) is 5.62. The number of amides is 1. The highest BCUT2D eigenvalue weighted by Gasteiger charge is 2.17. The summed E-state index contributed by atoms with van der Waals surface area (Å²) in [7, 11) is 8.22. The molecule has 2 aromatic rings. The third-order valence-electron chi connectivity index (χ3n) is 3.62. The monoisotopic (exact) mass is 373 g/mol. The van der Waals surface area contributed by atoms with Crippen LogP contribution in [-0.4, -0.2) is 45.6 Å². The van der Waals surface area contributed by atoms with Gasteiger partial charge in [0.15, 0.2) is 0 Å². The Kier molecular flexibility index (Phi) is 6.97. The molecule has 0 bridgehead atoms. The van der Waals surface area contributed by atoms with Gasteiger partial charge in [0.1, 0.15) is 22.1 Å². The Morgan fingerprint density at radius 3 is 1.88 bits per heavy atom. The van der Waals surface area contributed by atoms with Gasteiger partial charge in [-0.25, -0.2) is 0 Å². The fourth-order valence-corrected chi connectivity index (χ4v) is 3.03. The first-order chi connectivity index (χ1) is 12.5. The van der Waals surface area contributed by atoms with E-state index in [-0.39, 0.29) is 5.24 Å². The summed E-state index contributed by atoms with van der Waals surface area (Å²) >= 11 is 1.08. The van der Waals surface area contributed by atoms with Crippen LogP contribution in [0.15, 0.2) is 41.3 Å². The van der Waals surface area contributed by atoms with Crippen molar-refractivity contribution in [3.8, 4) is 17.2 Å². The van der Waals surface area contributed by atoms with Crippen molar-refractivity contribution in [1.29, 1.82) is 0 Å². The number of benzene rings is 2. The first kappa shape index (κ1) is 19.7. The molecule has 0 unspecified atom stereocenters. The molecule has 0 spiro atoms. The molecule has 0 fully saturated rings. The average molecular weight is 373 g/mol. The Bertz CT molecular complexity index is 760. The van der Waals surface area contributed by atoms with E-state index in [1.54, 1.807) is 35.4 Å². The van der Waals surface area contributed by atoms with E-state index in [0.717, 1.165) is 28.6 Å². The number of rotatable bonds is 6. The highest BCUT2D eigenvalue weighted by atomic mass is 32.2. The van der Waals surface area contributed by atoms with E-state index in [9.17, 15) is 4.79 Å². The zero-order valence-electron chi connectivity index (χ0n) is 15.6. The fraction of sp³-hybridized carbons (Fsp3) is 0.250. The largest absolute Gasteiger partial charge is 0.497 e. The highest BCUT2D eigenvalue weighted by Crippen LogP contribution is 2.40. The van der Waals surface area contributed by atoms with Crippen LogP contribution in [0.3, 0.4) is 0 Å². The number of ether oxygens (including phenoxy) is 3. The summed E-state index contributed by atoms with van der Waals surface area (Å²) < 4.78 is 16.1. The predicted octanol–water partition coefficient (Wildman–Crippen LogP) is 4.66. The van der Waals surface area contributed by atoms with Gasteiger partial charge in [0.05, 0.1) is 21.3 Å². The van der Waals surface area contributed by atoms with Gasteiger partial charge in [0.2, 0.25) is 0 Å². The SMILES string of the molecule is COc1ccc(/C=C\c2cc(OC)c(SC(=O)N(C)C)c(OC)c2)cc1. The van der Waals surface area contributed by atoms with E-state index >= 15 is 0 Å². The zero-order valence-corrected chi connectivity index (χ0v) is 16.4. The zero-order chi connectivity index (χ0) is 19.1. The second-order valence-corrected chi connectivity index (χ2v) is 6.59. The topological polar surface area (TPSA) is 48.0 Å². The van der Waals surface area contributed by atoms with Gasteiger partial charge in [-0.2, -0.15) is 0 Å². The molecule has 1 amide bonds. The van der Waals surface area contributed by atoms with Crippen molar-refractivity contribution < 1.29 is 19.0 Å². The second kappa shape index (κ2) is 9.20. The lowest BCUT2D eigenvalue weighted by molar-refractivity contribution is 0.241. The minimum Gasteiger partial charge on any atom is -0.497 e. The Balaban J connectivity index is 2.31. The maximum Gasteiger partial charge on any atom is 0.286 e. The van der Waals surface area contributed by atoms with Gasteiger partial charge in [-0.1, -0.05) is 24.3 Å². The van der Waals surface area contributed by atoms with Crippen LogP contribution < -0.4 is 14.2 Å². The van der Waals surface area contributed by atoms with Crippen molar-refractivity contribution in [2.24, 2.45) is 0 Å². The Hall–Kier alpha value is -2.60. The molecule has 0 aliphatic heterocycles. The number of carbonyl (C=O) groups is 1. The summed E-state index contributed by atoms with van der Waals surface area (Å²) in [6.07, 6.45) is 3.96. The lowest BCUT2D eigenvalue weighted by Crippen LogP contribution is -2.16. The third-order valence-corrected chi connectivity index (χ3v) is 4.77. The van der Waals surface area contributed by atoms with E-state index in [1.165, 1.54) is 4.90 Å². The summed E-state index contributed by atoms with van der Waals surface area (Å²) in [5.41, 5.74) is 1.96. The van der Waals surface area contributed by atoms with Gasteiger partial charge in [-0.3, -0.25) is 4.79 Å². The van der Waals surface area contributed by atoms with Crippen LogP contribution in [0.2, 0.25) is 0 Å². The first-order valence-electron chi connectivity index (χ1n) is 7.95. The summed E-state index contributed by atoms with van der Waals surface area (Å²) in [4.78, 5) is 14.2. The molecule has 138 valence electrons. The van der Waals surface area contributed by atoms with Crippen molar-refractivity contribution in [2.45, 2.75) is 4.90 Å². The maximum atomic E-state index is 12.1. The molecular formula is C20H23NO4S. The predicted molar refractivity (Wildman–Crippen MR) is 106 cm³/mol. The highest BCUT2D eigenvalue weighted by molar-refractivity contribution is 8.13. The van der Waals surface area contributed by atoms with Crippen molar-refractivity contribution in [2.75, 3.05) is 35.4 Å². The number of hydrogen-bond donors (Lipinski definition) is 0. The summed E-state index contributed by atoms with van der Waals surface area (Å²) in [6.45, 7) is 0. The number of nitrogens with zero attached hydrogens (tertiary/aromatic N) is 1. The van der Waals surface area contributed by atoms with Crippen LogP contribution in [0.5, 0.6) is 17.2 Å². The molecule has 0 atom stereocenters. The lowest BCUT2D eigenvalue weighted by atomic mass is 10.1. The number of hydrogen-bond acceptors (Lipinski definition) is 5. The lowest BCUT2D eigenvalue weighted by Gasteiger charge is -2.15. The minimum absolute atomic E-state index is 0.0943. The van der Waals surface area contributed by atoms with Crippen molar-refractivity contribution in [3.05, 3.63) is 47.5 Å². The molecule has 0 saturated carbocycles. The van der Waals surface area contributed by atoms with Crippen LogP contribution in [0.4, 0.5) is 4.79 Å². The molecule has 26 heavy (non-hydrogen) atoms. The average Bonchev–Trinajstić information content (AvgIpc) is 2.66. The summed E-state index contributed by atoms with van der Waals surface area (Å²) in [5, 5.41) is -0.0943.